The van der Waals surface area contributed by atoms with Gasteiger partial charge in [-0.3, -0.25) is 15.0 Å². The van der Waals surface area contributed by atoms with Crippen molar-refractivity contribution in [3.05, 3.63) is 0 Å². The molecule has 120 valence electrons. The number of carbonyl (C=O) groups is 2. The van der Waals surface area contributed by atoms with Gasteiger partial charge in [0.05, 0.1) is 6.04 Å². The van der Waals surface area contributed by atoms with Crippen LogP contribution in [0.2, 0.25) is 0 Å². The maximum atomic E-state index is 12.0. The summed E-state index contributed by atoms with van der Waals surface area (Å²) in [6.45, 7) is 7.19. The Balaban J connectivity index is 1.67. The van der Waals surface area contributed by atoms with Crippen molar-refractivity contribution in [3.8, 4) is 0 Å². The third-order valence-electron chi connectivity index (χ3n) is 4.42. The Morgan fingerprint density at radius 2 is 1.86 bits per heavy atom. The topological polar surface area (TPSA) is 73.5 Å². The number of nitrogens with one attached hydrogen (secondary N) is 3. The molecule has 0 aromatic rings. The third-order valence-corrected chi connectivity index (χ3v) is 4.42. The number of hydrogen-bond acceptors (Lipinski definition) is 4. The lowest BCUT2D eigenvalue weighted by Gasteiger charge is -2.35. The summed E-state index contributed by atoms with van der Waals surface area (Å²) in [6, 6.07) is 0.118. The normalized spacial score (nSPS) is 21.8. The highest BCUT2D eigenvalue weighted by Crippen LogP contribution is 2.22. The van der Waals surface area contributed by atoms with Gasteiger partial charge in [0.1, 0.15) is 0 Å². The average molecular weight is 296 g/mol. The maximum Gasteiger partial charge on any atom is 0.321 e. The second-order valence-corrected chi connectivity index (χ2v) is 6.19. The van der Waals surface area contributed by atoms with E-state index in [0.717, 1.165) is 44.4 Å². The number of imide groups is 1. The van der Waals surface area contributed by atoms with E-state index in [0.29, 0.717) is 6.54 Å². The van der Waals surface area contributed by atoms with E-state index < -0.39 is 6.03 Å². The van der Waals surface area contributed by atoms with Gasteiger partial charge in [-0.25, -0.2) is 4.79 Å². The first-order valence-corrected chi connectivity index (χ1v) is 8.16. The molecule has 2 rings (SSSR count). The maximum absolute atomic E-state index is 12.0. The minimum Gasteiger partial charge on any atom is -0.338 e. The molecule has 2 aliphatic rings. The summed E-state index contributed by atoms with van der Waals surface area (Å²) >= 11 is 0. The van der Waals surface area contributed by atoms with Crippen LogP contribution < -0.4 is 16.0 Å². The van der Waals surface area contributed by atoms with Gasteiger partial charge < -0.3 is 10.6 Å². The van der Waals surface area contributed by atoms with Crippen molar-refractivity contribution in [1.82, 2.24) is 20.9 Å². The van der Waals surface area contributed by atoms with Crippen molar-refractivity contribution >= 4 is 11.9 Å². The number of urea groups is 1. The monoisotopic (exact) mass is 296 g/mol. The van der Waals surface area contributed by atoms with Crippen LogP contribution in [0.1, 0.15) is 39.5 Å². The Hall–Kier alpha value is -1.14. The molecule has 0 aromatic heterocycles. The van der Waals surface area contributed by atoms with Crippen LogP contribution >= 0.6 is 0 Å². The Bertz CT molecular complexity index is 363. The van der Waals surface area contributed by atoms with Crippen molar-refractivity contribution in [2.24, 2.45) is 5.92 Å². The standard InChI is InChI=1S/C15H28N4O2/c1-3-16-15(21)18-14(20)11(2)19-8-6-12(7-9-19)10-17-13-4-5-13/h11-13,17H,3-10H2,1-2H3,(H2,16,18,20,21). The van der Waals surface area contributed by atoms with Crippen LogP contribution in [0, 0.1) is 5.92 Å². The zero-order chi connectivity index (χ0) is 15.2. The number of carbonyl (C=O) groups excluding carboxylic acids is 2. The fraction of sp³-hybridized carbons (Fsp3) is 0.867. The summed E-state index contributed by atoms with van der Waals surface area (Å²) in [5.41, 5.74) is 0. The van der Waals surface area contributed by atoms with Gasteiger partial charge in [0.2, 0.25) is 5.91 Å². The molecule has 1 atom stereocenters. The summed E-state index contributed by atoms with van der Waals surface area (Å²) in [5, 5.41) is 8.55. The van der Waals surface area contributed by atoms with Gasteiger partial charge in [-0.1, -0.05) is 0 Å². The number of likely N-dealkylation sites (tertiary alicyclic amines) is 1. The molecule has 0 bridgehead atoms. The van der Waals surface area contributed by atoms with Gasteiger partial charge in [0, 0.05) is 12.6 Å². The first kappa shape index (κ1) is 16.2. The van der Waals surface area contributed by atoms with Crippen LogP contribution in [0.3, 0.4) is 0 Å². The molecule has 1 aliphatic carbocycles. The summed E-state index contributed by atoms with van der Waals surface area (Å²) in [6.07, 6.45) is 4.91. The zero-order valence-corrected chi connectivity index (χ0v) is 13.2. The van der Waals surface area contributed by atoms with Crippen molar-refractivity contribution in [2.45, 2.75) is 51.6 Å². The van der Waals surface area contributed by atoms with Crippen molar-refractivity contribution in [2.75, 3.05) is 26.2 Å². The highest BCUT2D eigenvalue weighted by Gasteiger charge is 2.28. The molecule has 3 amide bonds. The van der Waals surface area contributed by atoms with Crippen molar-refractivity contribution in [3.63, 3.8) is 0 Å². The first-order chi connectivity index (χ1) is 10.1. The second kappa shape index (κ2) is 7.75. The minimum atomic E-state index is -0.405. The fourth-order valence-corrected chi connectivity index (χ4v) is 2.75. The summed E-state index contributed by atoms with van der Waals surface area (Å²) < 4.78 is 0. The number of hydrogen-bond donors (Lipinski definition) is 3. The Labute approximate surface area is 127 Å². The molecule has 3 N–H and O–H groups in total. The van der Waals surface area contributed by atoms with Gasteiger partial charge in [-0.15, -0.1) is 0 Å². The smallest absolute Gasteiger partial charge is 0.321 e. The van der Waals surface area contributed by atoms with Crippen LogP contribution in [-0.2, 0) is 4.79 Å². The number of rotatable bonds is 6. The molecule has 1 unspecified atom stereocenters. The number of nitrogens with zero attached hydrogens (tertiary/aromatic N) is 1. The van der Waals surface area contributed by atoms with Gasteiger partial charge in [-0.2, -0.15) is 0 Å². The van der Waals surface area contributed by atoms with Crippen LogP contribution in [0.5, 0.6) is 0 Å². The molecule has 1 aliphatic heterocycles. The molecule has 0 aromatic carbocycles. The van der Waals surface area contributed by atoms with Gasteiger partial charge >= 0.3 is 6.03 Å². The molecule has 6 heteroatoms. The molecule has 2 fully saturated rings. The van der Waals surface area contributed by atoms with Gasteiger partial charge in [0.15, 0.2) is 0 Å². The first-order valence-electron chi connectivity index (χ1n) is 8.16. The third kappa shape index (κ3) is 5.28. The van der Waals surface area contributed by atoms with E-state index in [-0.39, 0.29) is 11.9 Å². The zero-order valence-electron chi connectivity index (χ0n) is 13.2. The highest BCUT2D eigenvalue weighted by atomic mass is 16.2. The molecule has 1 heterocycles. The van der Waals surface area contributed by atoms with Crippen LogP contribution in [0.4, 0.5) is 4.79 Å². The van der Waals surface area contributed by atoms with Gasteiger partial charge in [-0.05, 0) is 65.1 Å². The summed E-state index contributed by atoms with van der Waals surface area (Å²) in [4.78, 5) is 25.6. The van der Waals surface area contributed by atoms with Crippen molar-refractivity contribution in [1.29, 1.82) is 0 Å². The summed E-state index contributed by atoms with van der Waals surface area (Å²) in [5.74, 6) is 0.510. The molecular formula is C15H28N4O2. The Morgan fingerprint density at radius 3 is 2.43 bits per heavy atom. The Morgan fingerprint density at radius 1 is 1.19 bits per heavy atom. The van der Waals surface area contributed by atoms with Gasteiger partial charge in [0.25, 0.3) is 0 Å². The molecule has 1 saturated heterocycles. The van der Waals surface area contributed by atoms with Crippen LogP contribution in [0.15, 0.2) is 0 Å². The largest absolute Gasteiger partial charge is 0.338 e. The van der Waals surface area contributed by atoms with E-state index in [1.54, 1.807) is 0 Å². The molecule has 0 radical (unpaired) electrons. The van der Waals surface area contributed by atoms with E-state index >= 15 is 0 Å². The number of amides is 3. The fourth-order valence-electron chi connectivity index (χ4n) is 2.75. The second-order valence-electron chi connectivity index (χ2n) is 6.19. The van der Waals surface area contributed by atoms with E-state index in [1.165, 1.54) is 12.8 Å². The Kier molecular flexibility index (Phi) is 5.99. The SMILES string of the molecule is CCNC(=O)NC(=O)C(C)N1CCC(CNC2CC2)CC1. The van der Waals surface area contributed by atoms with Crippen LogP contribution in [0.25, 0.3) is 0 Å². The van der Waals surface area contributed by atoms with E-state index in [9.17, 15) is 9.59 Å². The van der Waals surface area contributed by atoms with Crippen molar-refractivity contribution < 1.29 is 9.59 Å². The molecule has 21 heavy (non-hydrogen) atoms. The average Bonchev–Trinajstić information content (AvgIpc) is 3.29. The predicted octanol–water partition coefficient (Wildman–Crippen LogP) is 0.685. The number of piperidine rings is 1. The van der Waals surface area contributed by atoms with E-state index in [2.05, 4.69) is 20.9 Å². The predicted molar refractivity (Wildman–Crippen MR) is 82.0 cm³/mol. The lowest BCUT2D eigenvalue weighted by molar-refractivity contribution is -0.125. The van der Waals surface area contributed by atoms with Crippen LogP contribution in [-0.4, -0.2) is 55.1 Å². The lowest BCUT2D eigenvalue weighted by Crippen LogP contribution is -2.52. The summed E-state index contributed by atoms with van der Waals surface area (Å²) in [7, 11) is 0. The minimum absolute atomic E-state index is 0.212. The molecule has 6 nitrogen and oxygen atoms in total. The quantitative estimate of drug-likeness (QED) is 0.674. The van der Waals surface area contributed by atoms with E-state index in [1.807, 2.05) is 13.8 Å². The molecule has 1 saturated carbocycles. The lowest BCUT2D eigenvalue weighted by atomic mass is 9.95. The van der Waals surface area contributed by atoms with E-state index in [4.69, 9.17) is 0 Å². The molecule has 0 spiro atoms. The molecular weight excluding hydrogens is 268 g/mol. The highest BCUT2D eigenvalue weighted by molar-refractivity contribution is 5.96.